The van der Waals surface area contributed by atoms with E-state index in [0.29, 0.717) is 18.0 Å². The van der Waals surface area contributed by atoms with E-state index in [9.17, 15) is 5.11 Å². The predicted octanol–water partition coefficient (Wildman–Crippen LogP) is 4.53. The van der Waals surface area contributed by atoms with Crippen LogP contribution >= 0.6 is 24.0 Å². The summed E-state index contributed by atoms with van der Waals surface area (Å²) in [5.41, 5.74) is 2.92. The largest absolute Gasteiger partial charge is 0.393 e. The standard InChI is InChI=1S/C24H42N4O.HI/c1-6-25-23(27-19(2)11-14-24(3,4)5)26-17-20-7-9-21(10-8-20)18-28-15-12-22(29)13-16-28;/h7-10,19,22,29H,6,11-18H2,1-5H3,(H2,25,26,27);1H. The third-order valence-corrected chi connectivity index (χ3v) is 5.46. The van der Waals surface area contributed by atoms with Gasteiger partial charge < -0.3 is 15.7 Å². The first-order chi connectivity index (χ1) is 13.7. The van der Waals surface area contributed by atoms with Gasteiger partial charge in [-0.15, -0.1) is 24.0 Å². The third-order valence-electron chi connectivity index (χ3n) is 5.46. The van der Waals surface area contributed by atoms with Crippen molar-refractivity contribution in [1.29, 1.82) is 0 Å². The molecule has 30 heavy (non-hydrogen) atoms. The molecule has 2 rings (SSSR count). The van der Waals surface area contributed by atoms with E-state index < -0.39 is 0 Å². The second-order valence-electron chi connectivity index (χ2n) is 9.66. The zero-order chi connectivity index (χ0) is 21.3. The van der Waals surface area contributed by atoms with Crippen molar-refractivity contribution >= 4 is 29.9 Å². The number of aliphatic imine (C=N–C) groups is 1. The quantitative estimate of drug-likeness (QED) is 0.263. The normalized spacial score (nSPS) is 17.3. The number of halogens is 1. The highest BCUT2D eigenvalue weighted by atomic mass is 127. The van der Waals surface area contributed by atoms with E-state index in [4.69, 9.17) is 4.99 Å². The van der Waals surface area contributed by atoms with Crippen molar-refractivity contribution < 1.29 is 5.11 Å². The summed E-state index contributed by atoms with van der Waals surface area (Å²) in [5, 5.41) is 16.5. The molecule has 0 amide bonds. The zero-order valence-corrected chi connectivity index (χ0v) is 21.9. The molecule has 1 fully saturated rings. The smallest absolute Gasteiger partial charge is 0.191 e. The molecular weight excluding hydrogens is 487 g/mol. The summed E-state index contributed by atoms with van der Waals surface area (Å²) in [7, 11) is 0. The van der Waals surface area contributed by atoms with Crippen LogP contribution in [-0.2, 0) is 13.1 Å². The van der Waals surface area contributed by atoms with Crippen molar-refractivity contribution in [3.8, 4) is 0 Å². The lowest BCUT2D eigenvalue weighted by atomic mass is 9.89. The number of benzene rings is 1. The molecule has 1 aromatic rings. The number of rotatable bonds is 8. The molecule has 0 aliphatic carbocycles. The minimum Gasteiger partial charge on any atom is -0.393 e. The first-order valence-electron chi connectivity index (χ1n) is 11.3. The van der Waals surface area contributed by atoms with Crippen LogP contribution in [0.2, 0.25) is 0 Å². The van der Waals surface area contributed by atoms with Gasteiger partial charge in [-0.25, -0.2) is 4.99 Å². The Balaban J connectivity index is 0.00000450. The van der Waals surface area contributed by atoms with Crippen LogP contribution in [0.4, 0.5) is 0 Å². The maximum Gasteiger partial charge on any atom is 0.191 e. The van der Waals surface area contributed by atoms with Gasteiger partial charge in [0, 0.05) is 32.2 Å². The minimum atomic E-state index is -0.109. The predicted molar refractivity (Wildman–Crippen MR) is 138 cm³/mol. The molecule has 0 saturated carbocycles. The second-order valence-corrected chi connectivity index (χ2v) is 9.66. The van der Waals surface area contributed by atoms with E-state index in [0.717, 1.165) is 51.4 Å². The summed E-state index contributed by atoms with van der Waals surface area (Å²) in [5.74, 6) is 0.893. The molecule has 0 spiro atoms. The van der Waals surface area contributed by atoms with Crippen molar-refractivity contribution in [2.24, 2.45) is 10.4 Å². The van der Waals surface area contributed by atoms with Gasteiger partial charge in [0.05, 0.1) is 12.6 Å². The lowest BCUT2D eigenvalue weighted by molar-refractivity contribution is 0.0792. The van der Waals surface area contributed by atoms with Crippen molar-refractivity contribution in [3.63, 3.8) is 0 Å². The minimum absolute atomic E-state index is 0. The van der Waals surface area contributed by atoms with Crippen molar-refractivity contribution in [1.82, 2.24) is 15.5 Å². The molecule has 3 N–H and O–H groups in total. The Morgan fingerprint density at radius 1 is 1.17 bits per heavy atom. The van der Waals surface area contributed by atoms with Gasteiger partial charge in [-0.3, -0.25) is 4.90 Å². The van der Waals surface area contributed by atoms with Crippen LogP contribution in [0.25, 0.3) is 0 Å². The van der Waals surface area contributed by atoms with Gasteiger partial charge in [-0.05, 0) is 56.1 Å². The molecule has 0 bridgehead atoms. The van der Waals surface area contributed by atoms with E-state index in [-0.39, 0.29) is 30.1 Å². The summed E-state index contributed by atoms with van der Waals surface area (Å²) in [6.07, 6.45) is 4.00. The van der Waals surface area contributed by atoms with E-state index in [1.165, 1.54) is 17.5 Å². The van der Waals surface area contributed by atoms with Crippen molar-refractivity contribution in [2.75, 3.05) is 19.6 Å². The van der Waals surface area contributed by atoms with Crippen LogP contribution in [0.15, 0.2) is 29.3 Å². The topological polar surface area (TPSA) is 59.9 Å². The van der Waals surface area contributed by atoms with Crippen LogP contribution in [0.3, 0.4) is 0 Å². The lowest BCUT2D eigenvalue weighted by Crippen LogP contribution is -2.42. The molecule has 1 aliphatic heterocycles. The first kappa shape index (κ1) is 27.2. The van der Waals surface area contributed by atoms with Crippen LogP contribution in [0.1, 0.15) is 71.4 Å². The average molecular weight is 531 g/mol. The fourth-order valence-corrected chi connectivity index (χ4v) is 3.53. The summed E-state index contributed by atoms with van der Waals surface area (Å²) in [6.45, 7) is 15.7. The van der Waals surface area contributed by atoms with E-state index in [1.54, 1.807) is 0 Å². The number of aliphatic hydroxyl groups excluding tert-OH is 1. The second kappa shape index (κ2) is 13.5. The molecule has 0 aromatic heterocycles. The zero-order valence-electron chi connectivity index (χ0n) is 19.6. The highest BCUT2D eigenvalue weighted by Crippen LogP contribution is 2.21. The number of nitrogens with one attached hydrogen (secondary N) is 2. The molecule has 1 unspecified atom stereocenters. The number of nitrogens with zero attached hydrogens (tertiary/aromatic N) is 2. The van der Waals surface area contributed by atoms with E-state index in [2.05, 4.69) is 74.4 Å². The fraction of sp³-hybridized carbons (Fsp3) is 0.708. The molecule has 1 aromatic carbocycles. The first-order valence-corrected chi connectivity index (χ1v) is 11.3. The summed E-state index contributed by atoms with van der Waals surface area (Å²) < 4.78 is 0. The van der Waals surface area contributed by atoms with Crippen LogP contribution in [0, 0.1) is 5.41 Å². The lowest BCUT2D eigenvalue weighted by Gasteiger charge is -2.29. The third kappa shape index (κ3) is 11.0. The van der Waals surface area contributed by atoms with Gasteiger partial charge in [0.1, 0.15) is 0 Å². The van der Waals surface area contributed by atoms with Gasteiger partial charge in [-0.1, -0.05) is 45.0 Å². The van der Waals surface area contributed by atoms with Crippen LogP contribution in [-0.4, -0.2) is 47.7 Å². The highest BCUT2D eigenvalue weighted by molar-refractivity contribution is 14.0. The number of guanidine groups is 1. The van der Waals surface area contributed by atoms with Crippen LogP contribution in [0.5, 0.6) is 0 Å². The molecule has 6 heteroatoms. The molecule has 1 heterocycles. The van der Waals surface area contributed by atoms with Gasteiger partial charge in [0.2, 0.25) is 0 Å². The van der Waals surface area contributed by atoms with Gasteiger partial charge in [0.15, 0.2) is 5.96 Å². The Morgan fingerprint density at radius 2 is 1.77 bits per heavy atom. The number of hydrogen-bond donors (Lipinski definition) is 3. The van der Waals surface area contributed by atoms with Crippen molar-refractivity contribution in [3.05, 3.63) is 35.4 Å². The maximum absolute atomic E-state index is 9.64. The SMILES string of the molecule is CCNC(=NCc1ccc(CN2CCC(O)CC2)cc1)NC(C)CCC(C)(C)C.I. The van der Waals surface area contributed by atoms with Gasteiger partial charge in [-0.2, -0.15) is 0 Å². The number of aliphatic hydroxyl groups is 1. The summed E-state index contributed by atoms with van der Waals surface area (Å²) in [4.78, 5) is 7.20. The highest BCUT2D eigenvalue weighted by Gasteiger charge is 2.17. The van der Waals surface area contributed by atoms with Gasteiger partial charge in [0.25, 0.3) is 0 Å². The Morgan fingerprint density at radius 3 is 2.33 bits per heavy atom. The molecule has 1 saturated heterocycles. The maximum atomic E-state index is 9.64. The summed E-state index contributed by atoms with van der Waals surface area (Å²) >= 11 is 0. The molecule has 1 aliphatic rings. The monoisotopic (exact) mass is 530 g/mol. The molecule has 0 radical (unpaired) electrons. The average Bonchev–Trinajstić information content (AvgIpc) is 2.67. The molecular formula is C24H43IN4O. The van der Waals surface area contributed by atoms with Crippen LogP contribution < -0.4 is 10.6 Å². The Hall–Kier alpha value is -0.860. The molecule has 5 nitrogen and oxygen atoms in total. The fourth-order valence-electron chi connectivity index (χ4n) is 3.53. The van der Waals surface area contributed by atoms with Crippen molar-refractivity contribution in [2.45, 2.75) is 85.5 Å². The van der Waals surface area contributed by atoms with E-state index in [1.807, 2.05) is 0 Å². The number of hydrogen-bond acceptors (Lipinski definition) is 3. The number of piperidine rings is 1. The Labute approximate surface area is 201 Å². The molecule has 172 valence electrons. The summed E-state index contributed by atoms with van der Waals surface area (Å²) in [6, 6.07) is 9.19. The Kier molecular flexibility index (Phi) is 12.3. The molecule has 1 atom stereocenters. The van der Waals surface area contributed by atoms with E-state index >= 15 is 0 Å². The van der Waals surface area contributed by atoms with Gasteiger partial charge >= 0.3 is 0 Å². The number of likely N-dealkylation sites (tertiary alicyclic amines) is 1. The Bertz CT molecular complexity index is 619.